The fourth-order valence-corrected chi connectivity index (χ4v) is 4.00. The smallest absolute Gasteiger partial charge is 0.258 e. The van der Waals surface area contributed by atoms with E-state index in [0.717, 1.165) is 23.6 Å². The van der Waals surface area contributed by atoms with Gasteiger partial charge in [-0.1, -0.05) is 45.7 Å². The van der Waals surface area contributed by atoms with E-state index in [2.05, 4.69) is 6.92 Å². The van der Waals surface area contributed by atoms with E-state index in [9.17, 15) is 13.2 Å². The third-order valence-corrected chi connectivity index (χ3v) is 5.34. The minimum Gasteiger partial charge on any atom is -0.492 e. The molecule has 8 heteroatoms. The lowest BCUT2D eigenvalue weighted by atomic mass is 10.2. The summed E-state index contributed by atoms with van der Waals surface area (Å²) in [6.45, 7) is 5.91. The lowest BCUT2D eigenvalue weighted by Crippen LogP contribution is -2.41. The number of para-hydroxylation sites is 1. The minimum atomic E-state index is -3.94. The van der Waals surface area contributed by atoms with Gasteiger partial charge in [-0.3, -0.25) is 10.0 Å². The molecule has 0 spiro atoms. The Balaban J connectivity index is 3.09. The van der Waals surface area contributed by atoms with Gasteiger partial charge in [-0.25, -0.2) is 13.9 Å². The summed E-state index contributed by atoms with van der Waals surface area (Å²) in [6, 6.07) is 6.40. The van der Waals surface area contributed by atoms with Crippen molar-refractivity contribution in [2.75, 3.05) is 19.7 Å². The summed E-state index contributed by atoms with van der Waals surface area (Å²) >= 11 is 0. The molecular weight excluding hydrogens is 344 g/mol. The number of rotatable bonds is 11. The Morgan fingerprint density at radius 3 is 2.56 bits per heavy atom. The molecule has 142 valence electrons. The fraction of sp³-hybridized carbons (Fsp3) is 0.588. The van der Waals surface area contributed by atoms with Crippen molar-refractivity contribution >= 4 is 15.9 Å². The third kappa shape index (κ3) is 6.64. The van der Waals surface area contributed by atoms with Crippen LogP contribution in [0.2, 0.25) is 0 Å². The van der Waals surface area contributed by atoms with Crippen molar-refractivity contribution in [2.45, 2.75) is 44.9 Å². The first-order valence-electron chi connectivity index (χ1n) is 8.47. The molecule has 0 aromatic heterocycles. The number of hydrogen-bond acceptors (Lipinski definition) is 5. The summed E-state index contributed by atoms with van der Waals surface area (Å²) in [5, 5.41) is 8.73. The Hall–Kier alpha value is -1.64. The third-order valence-electron chi connectivity index (χ3n) is 3.49. The second-order valence-electron chi connectivity index (χ2n) is 6.23. The van der Waals surface area contributed by atoms with Crippen LogP contribution in [0.4, 0.5) is 0 Å². The summed E-state index contributed by atoms with van der Waals surface area (Å²) < 4.78 is 32.7. The monoisotopic (exact) mass is 372 g/mol. The summed E-state index contributed by atoms with van der Waals surface area (Å²) in [4.78, 5) is 11.5. The molecule has 0 saturated carbocycles. The molecule has 0 aliphatic heterocycles. The van der Waals surface area contributed by atoms with Crippen LogP contribution in [0, 0.1) is 5.92 Å². The molecule has 25 heavy (non-hydrogen) atoms. The zero-order valence-corrected chi connectivity index (χ0v) is 15.9. The highest BCUT2D eigenvalue weighted by molar-refractivity contribution is 7.89. The van der Waals surface area contributed by atoms with Gasteiger partial charge in [0, 0.05) is 6.54 Å². The number of hydrogen-bond donors (Lipinski definition) is 2. The first-order chi connectivity index (χ1) is 11.8. The predicted molar refractivity (Wildman–Crippen MR) is 95.0 cm³/mol. The topological polar surface area (TPSA) is 95.9 Å². The van der Waals surface area contributed by atoms with Gasteiger partial charge in [0.1, 0.15) is 10.6 Å². The van der Waals surface area contributed by atoms with E-state index in [-0.39, 0.29) is 23.1 Å². The molecular formula is C17H28N2O5S. The number of carbonyl (C=O) groups excluding carboxylic acids is 1. The van der Waals surface area contributed by atoms with Crippen molar-refractivity contribution in [3.8, 4) is 5.75 Å². The number of nitrogens with one attached hydrogen (secondary N) is 1. The molecule has 0 atom stereocenters. The molecule has 1 rings (SSSR count). The Kier molecular flexibility index (Phi) is 8.88. The van der Waals surface area contributed by atoms with Crippen LogP contribution in [0.15, 0.2) is 29.2 Å². The highest BCUT2D eigenvalue weighted by Crippen LogP contribution is 2.27. The number of benzene rings is 1. The minimum absolute atomic E-state index is 0.0129. The average Bonchev–Trinajstić information content (AvgIpc) is 2.58. The maximum Gasteiger partial charge on any atom is 0.258 e. The van der Waals surface area contributed by atoms with Gasteiger partial charge >= 0.3 is 0 Å². The van der Waals surface area contributed by atoms with Crippen molar-refractivity contribution in [3.05, 3.63) is 24.3 Å². The van der Waals surface area contributed by atoms with Crippen molar-refractivity contribution < 1.29 is 23.2 Å². The highest BCUT2D eigenvalue weighted by Gasteiger charge is 2.29. The SMILES string of the molecule is CCCCCOc1ccccc1S(=O)(=O)N(CC(=O)NO)CC(C)C. The second kappa shape index (κ2) is 10.4. The summed E-state index contributed by atoms with van der Waals surface area (Å²) in [5.74, 6) is -0.499. The molecule has 0 radical (unpaired) electrons. The van der Waals surface area contributed by atoms with Gasteiger partial charge in [0.25, 0.3) is 5.91 Å². The number of carbonyl (C=O) groups is 1. The standard InChI is InChI=1S/C17H28N2O5S/c1-4-5-8-11-24-15-9-6-7-10-16(15)25(22,23)19(12-14(2)3)13-17(20)18-21/h6-7,9-10,14,21H,4-5,8,11-13H2,1-3H3,(H,18,20). The molecule has 0 bridgehead atoms. The Bertz CT molecular complexity index is 646. The van der Waals surface area contributed by atoms with Crippen LogP contribution in [0.1, 0.15) is 40.0 Å². The second-order valence-corrected chi connectivity index (χ2v) is 8.14. The van der Waals surface area contributed by atoms with Crippen LogP contribution in [0.3, 0.4) is 0 Å². The molecule has 0 fully saturated rings. The molecule has 7 nitrogen and oxygen atoms in total. The molecule has 2 N–H and O–H groups in total. The van der Waals surface area contributed by atoms with Gasteiger partial charge in [-0.2, -0.15) is 4.31 Å². The van der Waals surface area contributed by atoms with E-state index in [1.54, 1.807) is 18.2 Å². The molecule has 1 aromatic carbocycles. The number of sulfonamides is 1. The first-order valence-corrected chi connectivity index (χ1v) is 9.91. The molecule has 1 aromatic rings. The molecule has 0 saturated heterocycles. The Morgan fingerprint density at radius 2 is 1.96 bits per heavy atom. The van der Waals surface area contributed by atoms with Crippen LogP contribution in [-0.2, 0) is 14.8 Å². The highest BCUT2D eigenvalue weighted by atomic mass is 32.2. The maximum absolute atomic E-state index is 13.0. The molecule has 1 amide bonds. The van der Waals surface area contributed by atoms with Gasteiger partial charge < -0.3 is 4.74 Å². The molecule has 0 aliphatic carbocycles. The lowest BCUT2D eigenvalue weighted by Gasteiger charge is -2.24. The van der Waals surface area contributed by atoms with E-state index in [1.807, 2.05) is 13.8 Å². The van der Waals surface area contributed by atoms with E-state index in [4.69, 9.17) is 9.94 Å². The maximum atomic E-state index is 13.0. The number of unbranched alkanes of at least 4 members (excludes halogenated alkanes) is 2. The van der Waals surface area contributed by atoms with Crippen molar-refractivity contribution in [1.29, 1.82) is 0 Å². The fourth-order valence-electron chi connectivity index (χ4n) is 2.31. The zero-order valence-electron chi connectivity index (χ0n) is 15.1. The van der Waals surface area contributed by atoms with Crippen LogP contribution in [-0.4, -0.2) is 43.5 Å². The van der Waals surface area contributed by atoms with E-state index in [1.165, 1.54) is 11.5 Å². The normalized spacial score (nSPS) is 11.8. The van der Waals surface area contributed by atoms with E-state index < -0.39 is 22.5 Å². The quantitative estimate of drug-likeness (QED) is 0.353. The Morgan fingerprint density at radius 1 is 1.28 bits per heavy atom. The summed E-state index contributed by atoms with van der Waals surface area (Å²) in [5.41, 5.74) is 1.48. The van der Waals surface area contributed by atoms with Gasteiger partial charge in [-0.05, 0) is 24.5 Å². The summed E-state index contributed by atoms with van der Waals surface area (Å²) in [6.07, 6.45) is 2.89. The van der Waals surface area contributed by atoms with Gasteiger partial charge in [0.2, 0.25) is 10.0 Å². The van der Waals surface area contributed by atoms with Gasteiger partial charge in [0.15, 0.2) is 0 Å². The number of ether oxygens (including phenoxy) is 1. The average molecular weight is 372 g/mol. The van der Waals surface area contributed by atoms with Crippen LogP contribution >= 0.6 is 0 Å². The van der Waals surface area contributed by atoms with E-state index in [0.29, 0.717) is 6.61 Å². The molecule has 0 heterocycles. The van der Waals surface area contributed by atoms with Gasteiger partial charge in [0.05, 0.1) is 13.2 Å². The molecule has 0 unspecified atom stereocenters. The van der Waals surface area contributed by atoms with Crippen LogP contribution in [0.5, 0.6) is 5.75 Å². The van der Waals surface area contributed by atoms with Crippen molar-refractivity contribution in [1.82, 2.24) is 9.79 Å². The largest absolute Gasteiger partial charge is 0.492 e. The van der Waals surface area contributed by atoms with Crippen molar-refractivity contribution in [2.24, 2.45) is 5.92 Å². The number of hydroxylamine groups is 1. The lowest BCUT2D eigenvalue weighted by molar-refractivity contribution is -0.129. The predicted octanol–water partition coefficient (Wildman–Crippen LogP) is 2.41. The van der Waals surface area contributed by atoms with Gasteiger partial charge in [-0.15, -0.1) is 0 Å². The van der Waals surface area contributed by atoms with Crippen LogP contribution in [0.25, 0.3) is 0 Å². The zero-order chi connectivity index (χ0) is 18.9. The first kappa shape index (κ1) is 21.4. The van der Waals surface area contributed by atoms with Crippen LogP contribution < -0.4 is 10.2 Å². The Labute approximate surface area is 150 Å². The molecule has 0 aliphatic rings. The number of amides is 1. The summed E-state index contributed by atoms with van der Waals surface area (Å²) in [7, 11) is -3.94. The number of nitrogens with zero attached hydrogens (tertiary/aromatic N) is 1. The van der Waals surface area contributed by atoms with Crippen molar-refractivity contribution in [3.63, 3.8) is 0 Å². The van der Waals surface area contributed by atoms with E-state index >= 15 is 0 Å².